The van der Waals surface area contributed by atoms with Gasteiger partial charge in [0.1, 0.15) is 5.82 Å². The Balaban J connectivity index is 1.89. The average Bonchev–Trinajstić information content (AvgIpc) is 3.24. The fraction of sp³-hybridized carbons (Fsp3) is 0.500. The van der Waals surface area contributed by atoms with Gasteiger partial charge in [-0.05, 0) is 37.0 Å². The quantitative estimate of drug-likeness (QED) is 0.855. The van der Waals surface area contributed by atoms with Gasteiger partial charge < -0.3 is 10.0 Å². The van der Waals surface area contributed by atoms with E-state index in [4.69, 9.17) is 6.42 Å². The summed E-state index contributed by atoms with van der Waals surface area (Å²) in [6.45, 7) is 0.546. The van der Waals surface area contributed by atoms with Crippen molar-refractivity contribution in [3.05, 3.63) is 35.6 Å². The molecular formula is C20H22FNO3. The van der Waals surface area contributed by atoms with Gasteiger partial charge >= 0.3 is 5.97 Å². The molecule has 3 rings (SSSR count). The summed E-state index contributed by atoms with van der Waals surface area (Å²) in [6, 6.07) is 6.13. The van der Waals surface area contributed by atoms with E-state index in [1.807, 2.05) is 0 Å². The molecule has 5 heteroatoms. The Morgan fingerprint density at radius 1 is 1.20 bits per heavy atom. The third-order valence-electron chi connectivity index (χ3n) is 5.80. The van der Waals surface area contributed by atoms with Crippen molar-refractivity contribution in [2.45, 2.75) is 43.9 Å². The fourth-order valence-electron chi connectivity index (χ4n) is 4.31. The van der Waals surface area contributed by atoms with Crippen molar-refractivity contribution in [2.75, 3.05) is 13.1 Å². The molecule has 132 valence electrons. The monoisotopic (exact) mass is 343 g/mol. The van der Waals surface area contributed by atoms with Gasteiger partial charge in [-0.15, -0.1) is 12.3 Å². The van der Waals surface area contributed by atoms with E-state index in [-0.39, 0.29) is 24.7 Å². The molecule has 1 aromatic carbocycles. The molecule has 2 fully saturated rings. The van der Waals surface area contributed by atoms with Gasteiger partial charge in [0.05, 0.1) is 10.8 Å². The number of benzene rings is 1. The summed E-state index contributed by atoms with van der Waals surface area (Å²) in [5.41, 5.74) is -0.896. The third kappa shape index (κ3) is 2.90. The van der Waals surface area contributed by atoms with Gasteiger partial charge in [-0.25, -0.2) is 4.39 Å². The van der Waals surface area contributed by atoms with Gasteiger partial charge in [0, 0.05) is 19.5 Å². The predicted octanol–water partition coefficient (Wildman–Crippen LogP) is 2.96. The number of carbonyl (C=O) groups is 2. The van der Waals surface area contributed by atoms with Crippen LogP contribution in [0.15, 0.2) is 24.3 Å². The minimum Gasteiger partial charge on any atom is -0.481 e. The lowest BCUT2D eigenvalue weighted by atomic mass is 9.77. The molecule has 1 aromatic rings. The van der Waals surface area contributed by atoms with Crippen molar-refractivity contribution in [3.8, 4) is 12.3 Å². The molecule has 1 heterocycles. The predicted molar refractivity (Wildman–Crippen MR) is 91.3 cm³/mol. The summed E-state index contributed by atoms with van der Waals surface area (Å²) in [7, 11) is 0. The molecule has 2 aliphatic rings. The highest BCUT2D eigenvalue weighted by Crippen LogP contribution is 2.45. The molecule has 0 aromatic heterocycles. The first kappa shape index (κ1) is 17.5. The summed E-state index contributed by atoms with van der Waals surface area (Å²) < 4.78 is 13.3. The molecule has 1 N–H and O–H groups in total. The number of hydrogen-bond acceptors (Lipinski definition) is 2. The molecule has 1 aliphatic heterocycles. The number of amides is 1. The van der Waals surface area contributed by atoms with E-state index in [0.29, 0.717) is 25.8 Å². The minimum atomic E-state index is -1.05. The second-order valence-corrected chi connectivity index (χ2v) is 7.24. The molecule has 1 saturated heterocycles. The number of hydrogen-bond donors (Lipinski definition) is 1. The zero-order chi connectivity index (χ0) is 18.1. The van der Waals surface area contributed by atoms with Crippen LogP contribution < -0.4 is 0 Å². The van der Waals surface area contributed by atoms with Crippen LogP contribution in [-0.4, -0.2) is 35.0 Å². The van der Waals surface area contributed by atoms with Gasteiger partial charge in [-0.1, -0.05) is 25.0 Å². The van der Waals surface area contributed by atoms with Crippen molar-refractivity contribution in [1.29, 1.82) is 0 Å². The Kier molecular flexibility index (Phi) is 4.55. The summed E-state index contributed by atoms with van der Waals surface area (Å²) >= 11 is 0. The summed E-state index contributed by atoms with van der Waals surface area (Å²) in [5.74, 6) is 1.13. The average molecular weight is 343 g/mol. The van der Waals surface area contributed by atoms with Crippen LogP contribution in [0.25, 0.3) is 0 Å². The molecule has 0 radical (unpaired) electrons. The maximum absolute atomic E-state index is 13.4. The topological polar surface area (TPSA) is 57.6 Å². The van der Waals surface area contributed by atoms with E-state index in [1.54, 1.807) is 17.0 Å². The maximum Gasteiger partial charge on any atom is 0.312 e. The standard InChI is InChI=1S/C20H22FNO3/c1-2-9-19(18(24)25)12-13-22(14-19)17(23)20(10-3-4-11-20)15-5-7-16(21)8-6-15/h1,5-8H,3-4,9-14H2,(H,24,25). The first-order valence-corrected chi connectivity index (χ1v) is 8.66. The van der Waals surface area contributed by atoms with Crippen molar-refractivity contribution in [2.24, 2.45) is 5.41 Å². The van der Waals surface area contributed by atoms with Gasteiger partial charge in [-0.2, -0.15) is 0 Å². The van der Waals surface area contributed by atoms with Gasteiger partial charge in [0.15, 0.2) is 0 Å². The number of nitrogens with zero attached hydrogens (tertiary/aromatic N) is 1. The van der Waals surface area contributed by atoms with Crippen LogP contribution in [0.5, 0.6) is 0 Å². The normalized spacial score (nSPS) is 24.9. The Hall–Kier alpha value is -2.35. The minimum absolute atomic E-state index is 0.0447. The van der Waals surface area contributed by atoms with Crippen LogP contribution in [0.2, 0.25) is 0 Å². The third-order valence-corrected chi connectivity index (χ3v) is 5.80. The van der Waals surface area contributed by atoms with E-state index < -0.39 is 16.8 Å². The Morgan fingerprint density at radius 2 is 1.84 bits per heavy atom. The lowest BCUT2D eigenvalue weighted by Gasteiger charge is -2.33. The van der Waals surface area contributed by atoms with Crippen LogP contribution in [0, 0.1) is 23.6 Å². The Bertz CT molecular complexity index is 715. The summed E-state index contributed by atoms with van der Waals surface area (Å²) in [5, 5.41) is 9.60. The molecule has 1 saturated carbocycles. The van der Waals surface area contributed by atoms with Crippen molar-refractivity contribution >= 4 is 11.9 Å². The van der Waals surface area contributed by atoms with E-state index in [0.717, 1.165) is 18.4 Å². The lowest BCUT2D eigenvalue weighted by Crippen LogP contribution is -2.46. The van der Waals surface area contributed by atoms with Crippen LogP contribution in [0.3, 0.4) is 0 Å². The molecule has 4 nitrogen and oxygen atoms in total. The number of terminal acetylenes is 1. The smallest absolute Gasteiger partial charge is 0.312 e. The summed E-state index contributed by atoms with van der Waals surface area (Å²) in [4.78, 5) is 26.7. The molecule has 0 bridgehead atoms. The summed E-state index contributed by atoms with van der Waals surface area (Å²) in [6.07, 6.45) is 9.14. The number of carbonyl (C=O) groups excluding carboxylic acids is 1. The van der Waals surface area contributed by atoms with Crippen molar-refractivity contribution in [3.63, 3.8) is 0 Å². The second-order valence-electron chi connectivity index (χ2n) is 7.24. The van der Waals surface area contributed by atoms with Crippen molar-refractivity contribution < 1.29 is 19.1 Å². The SMILES string of the molecule is C#CCC1(C(=O)O)CCN(C(=O)C2(c3ccc(F)cc3)CCCC2)C1. The van der Waals surface area contributed by atoms with Gasteiger partial charge in [-0.3, -0.25) is 9.59 Å². The molecule has 1 atom stereocenters. The van der Waals surface area contributed by atoms with Crippen LogP contribution in [0.4, 0.5) is 4.39 Å². The van der Waals surface area contributed by atoms with Crippen LogP contribution in [-0.2, 0) is 15.0 Å². The zero-order valence-electron chi connectivity index (χ0n) is 14.1. The van der Waals surface area contributed by atoms with Gasteiger partial charge in [0.25, 0.3) is 0 Å². The Morgan fingerprint density at radius 3 is 2.40 bits per heavy atom. The number of carboxylic acids is 1. The molecule has 1 unspecified atom stereocenters. The second kappa shape index (κ2) is 6.51. The first-order valence-electron chi connectivity index (χ1n) is 8.66. The first-order chi connectivity index (χ1) is 11.9. The molecule has 1 aliphatic carbocycles. The highest BCUT2D eigenvalue weighted by Gasteiger charge is 2.51. The Labute approximate surface area is 147 Å². The van der Waals surface area contributed by atoms with Crippen molar-refractivity contribution in [1.82, 2.24) is 4.90 Å². The van der Waals surface area contributed by atoms with E-state index in [9.17, 15) is 19.1 Å². The lowest BCUT2D eigenvalue weighted by molar-refractivity contribution is -0.148. The molecule has 0 spiro atoms. The molecule has 1 amide bonds. The van der Waals surface area contributed by atoms with E-state index in [1.165, 1.54) is 12.1 Å². The fourth-order valence-corrected chi connectivity index (χ4v) is 4.31. The maximum atomic E-state index is 13.4. The van der Waals surface area contributed by atoms with Gasteiger partial charge in [0.2, 0.25) is 5.91 Å². The number of aliphatic carboxylic acids is 1. The van der Waals surface area contributed by atoms with E-state index >= 15 is 0 Å². The van der Waals surface area contributed by atoms with Crippen LogP contribution in [0.1, 0.15) is 44.1 Å². The van der Waals surface area contributed by atoms with E-state index in [2.05, 4.69) is 5.92 Å². The number of rotatable bonds is 4. The largest absolute Gasteiger partial charge is 0.481 e. The highest BCUT2D eigenvalue weighted by molar-refractivity contribution is 5.90. The number of likely N-dealkylation sites (tertiary alicyclic amines) is 1. The highest BCUT2D eigenvalue weighted by atomic mass is 19.1. The molecule has 25 heavy (non-hydrogen) atoms. The zero-order valence-corrected chi connectivity index (χ0v) is 14.1. The number of halogens is 1. The number of carboxylic acid groups (broad SMARTS) is 1. The van der Waals surface area contributed by atoms with Crippen LogP contribution >= 0.6 is 0 Å². The molecular weight excluding hydrogens is 321 g/mol.